The number of fused-ring (bicyclic) bond motifs is 2. The number of benzene rings is 2. The van der Waals surface area contributed by atoms with Crippen molar-refractivity contribution in [1.82, 2.24) is 4.90 Å². The number of nitrogens with zero attached hydrogens (tertiary/aromatic N) is 3. The van der Waals surface area contributed by atoms with Crippen molar-refractivity contribution in [3.05, 3.63) is 69.3 Å². The number of nitro benzene ring substituents is 1. The van der Waals surface area contributed by atoms with E-state index in [-0.39, 0.29) is 16.8 Å². The first kappa shape index (κ1) is 16.9. The van der Waals surface area contributed by atoms with Crippen molar-refractivity contribution in [1.29, 1.82) is 0 Å². The predicted octanol–water partition coefficient (Wildman–Crippen LogP) is 2.17. The summed E-state index contributed by atoms with van der Waals surface area (Å²) in [5, 5.41) is 11.0. The lowest BCUT2D eigenvalue weighted by atomic mass is 10.1. The Kier molecular flexibility index (Phi) is 3.76. The smallest absolute Gasteiger partial charge is 0.271 e. The zero-order valence-corrected chi connectivity index (χ0v) is 14.4. The van der Waals surface area contributed by atoms with E-state index in [0.29, 0.717) is 18.7 Å². The molecule has 3 amide bonds. The Balaban J connectivity index is 1.64. The molecule has 0 aromatic heterocycles. The van der Waals surface area contributed by atoms with Crippen LogP contribution < -0.4 is 4.90 Å². The van der Waals surface area contributed by atoms with Crippen molar-refractivity contribution in [3.63, 3.8) is 0 Å². The maximum Gasteiger partial charge on any atom is 0.271 e. The maximum atomic E-state index is 13.0. The summed E-state index contributed by atoms with van der Waals surface area (Å²) in [6, 6.07) is 9.82. The molecule has 2 heterocycles. The summed E-state index contributed by atoms with van der Waals surface area (Å²) in [6.07, 6.45) is 0.563. The van der Waals surface area contributed by atoms with Crippen molar-refractivity contribution in [2.45, 2.75) is 19.4 Å². The molecule has 27 heavy (non-hydrogen) atoms. The molecule has 4 rings (SSSR count). The normalized spacial score (nSPS) is 16.3. The summed E-state index contributed by atoms with van der Waals surface area (Å²) in [4.78, 5) is 51.1. The number of rotatable bonds is 3. The Bertz CT molecular complexity index is 981. The summed E-state index contributed by atoms with van der Waals surface area (Å²) in [5.41, 5.74) is 1.72. The minimum Gasteiger partial charge on any atom is -0.310 e. The van der Waals surface area contributed by atoms with Crippen molar-refractivity contribution >= 4 is 29.1 Å². The van der Waals surface area contributed by atoms with Gasteiger partial charge in [0.25, 0.3) is 17.5 Å². The Morgan fingerprint density at radius 1 is 1.11 bits per heavy atom. The van der Waals surface area contributed by atoms with Crippen molar-refractivity contribution in [2.75, 3.05) is 11.4 Å². The average Bonchev–Trinajstić information content (AvgIpc) is 3.20. The van der Waals surface area contributed by atoms with Gasteiger partial charge in [0.05, 0.1) is 21.7 Å². The highest BCUT2D eigenvalue weighted by atomic mass is 16.6. The first-order valence-electron chi connectivity index (χ1n) is 8.45. The number of hydrogen-bond donors (Lipinski definition) is 0. The van der Waals surface area contributed by atoms with Crippen molar-refractivity contribution < 1.29 is 19.3 Å². The summed E-state index contributed by atoms with van der Waals surface area (Å²) >= 11 is 0. The van der Waals surface area contributed by atoms with Crippen LogP contribution in [0, 0.1) is 10.1 Å². The highest BCUT2D eigenvalue weighted by Crippen LogP contribution is 2.33. The molecule has 0 fully saturated rings. The van der Waals surface area contributed by atoms with Crippen LogP contribution in [0.25, 0.3) is 0 Å². The van der Waals surface area contributed by atoms with Gasteiger partial charge in [0, 0.05) is 18.7 Å². The van der Waals surface area contributed by atoms with Crippen LogP contribution >= 0.6 is 0 Å². The molecule has 0 N–H and O–H groups in total. The molecule has 0 spiro atoms. The number of imide groups is 1. The Hall–Kier alpha value is -3.55. The SMILES string of the molecule is CC(C(=O)N1CCc2ccc([N+](=O)[O-])cc21)N1C(=O)c2ccccc2C1=O. The quantitative estimate of drug-likeness (QED) is 0.471. The molecule has 136 valence electrons. The molecule has 2 aromatic carbocycles. The third-order valence-corrected chi connectivity index (χ3v) is 5.01. The first-order valence-corrected chi connectivity index (χ1v) is 8.45. The van der Waals surface area contributed by atoms with E-state index < -0.39 is 28.7 Å². The van der Waals surface area contributed by atoms with Gasteiger partial charge in [-0.2, -0.15) is 0 Å². The zero-order chi connectivity index (χ0) is 19.3. The molecular weight excluding hydrogens is 350 g/mol. The van der Waals surface area contributed by atoms with Gasteiger partial charge in [0.1, 0.15) is 6.04 Å². The molecule has 0 radical (unpaired) electrons. The Morgan fingerprint density at radius 2 is 1.74 bits per heavy atom. The minimum atomic E-state index is -1.01. The molecule has 0 saturated heterocycles. The lowest BCUT2D eigenvalue weighted by Gasteiger charge is -2.26. The van der Waals surface area contributed by atoms with Crippen LogP contribution in [0.2, 0.25) is 0 Å². The number of non-ortho nitro benzene ring substituents is 1. The highest BCUT2D eigenvalue weighted by Gasteiger charge is 2.42. The second kappa shape index (κ2) is 6.01. The Labute approximate surface area is 154 Å². The van der Waals surface area contributed by atoms with E-state index >= 15 is 0 Å². The van der Waals surface area contributed by atoms with Gasteiger partial charge in [0.15, 0.2) is 0 Å². The fourth-order valence-electron chi connectivity index (χ4n) is 3.61. The summed E-state index contributed by atoms with van der Waals surface area (Å²) in [5.74, 6) is -1.45. The van der Waals surface area contributed by atoms with Gasteiger partial charge in [0.2, 0.25) is 5.91 Å². The number of carbonyl (C=O) groups excluding carboxylic acids is 3. The van der Waals surface area contributed by atoms with Crippen LogP contribution in [0.5, 0.6) is 0 Å². The Morgan fingerprint density at radius 3 is 2.33 bits per heavy atom. The van der Waals surface area contributed by atoms with Crippen LogP contribution in [-0.2, 0) is 11.2 Å². The van der Waals surface area contributed by atoms with Gasteiger partial charge in [-0.3, -0.25) is 29.4 Å². The molecule has 0 bridgehead atoms. The van der Waals surface area contributed by atoms with E-state index in [1.807, 2.05) is 0 Å². The largest absolute Gasteiger partial charge is 0.310 e. The van der Waals surface area contributed by atoms with Gasteiger partial charge in [-0.05, 0) is 31.0 Å². The van der Waals surface area contributed by atoms with Crippen LogP contribution in [0.1, 0.15) is 33.2 Å². The molecule has 8 nitrogen and oxygen atoms in total. The fraction of sp³-hybridized carbons (Fsp3) is 0.211. The second-order valence-electron chi connectivity index (χ2n) is 6.51. The number of anilines is 1. The topological polar surface area (TPSA) is 101 Å². The lowest BCUT2D eigenvalue weighted by molar-refractivity contribution is -0.384. The van der Waals surface area contributed by atoms with Crippen LogP contribution in [0.15, 0.2) is 42.5 Å². The van der Waals surface area contributed by atoms with E-state index in [0.717, 1.165) is 10.5 Å². The molecule has 1 unspecified atom stereocenters. The molecular formula is C19H15N3O5. The number of hydrogen-bond acceptors (Lipinski definition) is 5. The molecule has 2 aliphatic rings. The fourth-order valence-corrected chi connectivity index (χ4v) is 3.61. The van der Waals surface area contributed by atoms with Crippen LogP contribution in [-0.4, -0.2) is 40.1 Å². The van der Waals surface area contributed by atoms with Gasteiger partial charge >= 0.3 is 0 Å². The average molecular weight is 365 g/mol. The number of amides is 3. The molecule has 2 aliphatic heterocycles. The van der Waals surface area contributed by atoms with Crippen molar-refractivity contribution in [2.24, 2.45) is 0 Å². The van der Waals surface area contributed by atoms with Gasteiger partial charge < -0.3 is 4.90 Å². The third-order valence-electron chi connectivity index (χ3n) is 5.01. The van der Waals surface area contributed by atoms with Crippen LogP contribution in [0.4, 0.5) is 11.4 Å². The first-order chi connectivity index (χ1) is 12.9. The maximum absolute atomic E-state index is 13.0. The summed E-state index contributed by atoms with van der Waals surface area (Å²) in [6.45, 7) is 1.85. The van der Waals surface area contributed by atoms with Gasteiger partial charge in [-0.1, -0.05) is 18.2 Å². The molecule has 0 aliphatic carbocycles. The highest BCUT2D eigenvalue weighted by molar-refractivity contribution is 6.23. The minimum absolute atomic E-state index is 0.109. The van der Waals surface area contributed by atoms with E-state index in [9.17, 15) is 24.5 Å². The molecule has 0 saturated carbocycles. The molecule has 8 heteroatoms. The van der Waals surface area contributed by atoms with E-state index in [2.05, 4.69) is 0 Å². The summed E-state index contributed by atoms with van der Waals surface area (Å²) in [7, 11) is 0. The van der Waals surface area contributed by atoms with Gasteiger partial charge in [-0.25, -0.2) is 0 Å². The van der Waals surface area contributed by atoms with E-state index in [1.165, 1.54) is 24.0 Å². The molecule has 2 aromatic rings. The third kappa shape index (κ3) is 2.49. The summed E-state index contributed by atoms with van der Waals surface area (Å²) < 4.78 is 0. The second-order valence-corrected chi connectivity index (χ2v) is 6.51. The zero-order valence-electron chi connectivity index (χ0n) is 14.4. The lowest BCUT2D eigenvalue weighted by Crippen LogP contribution is -2.49. The molecule has 1 atom stereocenters. The van der Waals surface area contributed by atoms with Gasteiger partial charge in [-0.15, -0.1) is 0 Å². The van der Waals surface area contributed by atoms with Crippen LogP contribution in [0.3, 0.4) is 0 Å². The van der Waals surface area contributed by atoms with E-state index in [4.69, 9.17) is 0 Å². The van der Waals surface area contributed by atoms with E-state index in [1.54, 1.807) is 30.3 Å². The number of carbonyl (C=O) groups is 3. The number of nitro groups is 1. The predicted molar refractivity (Wildman–Crippen MR) is 95.6 cm³/mol. The standard InChI is InChI=1S/C19H15N3O5/c1-11(21-18(24)14-4-2-3-5-15(14)19(21)25)17(23)20-9-8-12-6-7-13(22(26)27)10-16(12)20/h2-7,10-11H,8-9H2,1H3. The monoisotopic (exact) mass is 365 g/mol. The van der Waals surface area contributed by atoms with Crippen molar-refractivity contribution in [3.8, 4) is 0 Å².